The Morgan fingerprint density at radius 3 is 2.61 bits per heavy atom. The Labute approximate surface area is 208 Å². The highest BCUT2D eigenvalue weighted by Gasteiger charge is 2.21. The van der Waals surface area contributed by atoms with E-state index < -0.39 is 5.82 Å². The van der Waals surface area contributed by atoms with Gasteiger partial charge in [-0.3, -0.25) is 9.67 Å². The summed E-state index contributed by atoms with van der Waals surface area (Å²) in [7, 11) is 5.91. The van der Waals surface area contributed by atoms with E-state index in [0.29, 0.717) is 39.1 Å². The van der Waals surface area contributed by atoms with Gasteiger partial charge >= 0.3 is 0 Å². The van der Waals surface area contributed by atoms with Gasteiger partial charge < -0.3 is 15.0 Å². The lowest BCUT2D eigenvalue weighted by Crippen LogP contribution is -2.38. The van der Waals surface area contributed by atoms with Crippen LogP contribution in [0.1, 0.15) is 13.8 Å². The van der Waals surface area contributed by atoms with E-state index >= 15 is 4.39 Å². The van der Waals surface area contributed by atoms with Gasteiger partial charge in [0.15, 0.2) is 5.82 Å². The topological polar surface area (TPSA) is 81.0 Å². The van der Waals surface area contributed by atoms with Crippen molar-refractivity contribution in [2.45, 2.75) is 26.0 Å². The fourth-order valence-electron chi connectivity index (χ4n) is 4.14. The summed E-state index contributed by atoms with van der Waals surface area (Å²) >= 11 is 0. The van der Waals surface area contributed by atoms with Gasteiger partial charge in [0.2, 0.25) is 0 Å². The van der Waals surface area contributed by atoms with Crippen molar-refractivity contribution >= 4 is 33.3 Å². The number of nitrogens with zero attached hydrogens (tertiary/aromatic N) is 6. The van der Waals surface area contributed by atoms with E-state index in [2.05, 4.69) is 37.2 Å². The van der Waals surface area contributed by atoms with E-state index in [-0.39, 0.29) is 12.1 Å². The molecule has 0 amide bonds. The summed E-state index contributed by atoms with van der Waals surface area (Å²) in [5, 5.41) is 8.59. The van der Waals surface area contributed by atoms with Crippen molar-refractivity contribution in [2.24, 2.45) is 7.05 Å². The van der Waals surface area contributed by atoms with Crippen LogP contribution in [0, 0.1) is 5.82 Å². The van der Waals surface area contributed by atoms with Gasteiger partial charge in [-0.05, 0) is 69.9 Å². The first-order valence-corrected chi connectivity index (χ1v) is 11.7. The summed E-state index contributed by atoms with van der Waals surface area (Å²) in [5.74, 6) is 0.675. The van der Waals surface area contributed by atoms with E-state index in [1.165, 1.54) is 6.33 Å². The van der Waals surface area contributed by atoms with Crippen molar-refractivity contribution < 1.29 is 9.13 Å². The molecule has 5 aromatic rings. The molecule has 9 heteroatoms. The minimum absolute atomic E-state index is 0.135. The third kappa shape index (κ3) is 4.45. The summed E-state index contributed by atoms with van der Waals surface area (Å²) in [4.78, 5) is 15.3. The molecule has 0 aliphatic heterocycles. The van der Waals surface area contributed by atoms with Crippen LogP contribution in [0.25, 0.3) is 32.9 Å². The molecule has 0 saturated heterocycles. The smallest absolute Gasteiger partial charge is 0.156 e. The highest BCUT2D eigenvalue weighted by Crippen LogP contribution is 2.37. The van der Waals surface area contributed by atoms with E-state index in [0.717, 1.165) is 11.1 Å². The summed E-state index contributed by atoms with van der Waals surface area (Å²) < 4.78 is 23.6. The number of pyridine rings is 1. The predicted octanol–water partition coefficient (Wildman–Crippen LogP) is 5.18. The maximum absolute atomic E-state index is 15.4. The Bertz CT molecular complexity index is 1550. The molecule has 0 saturated carbocycles. The molecule has 0 aliphatic rings. The van der Waals surface area contributed by atoms with Crippen LogP contribution in [-0.4, -0.2) is 55.9 Å². The molecule has 0 aliphatic carbocycles. The van der Waals surface area contributed by atoms with Gasteiger partial charge in [-0.1, -0.05) is 0 Å². The highest BCUT2D eigenvalue weighted by atomic mass is 19.1. The average Bonchev–Trinajstić information content (AvgIpc) is 3.31. The molecular weight excluding hydrogens is 457 g/mol. The average molecular weight is 486 g/mol. The molecule has 3 heterocycles. The van der Waals surface area contributed by atoms with Gasteiger partial charge in [-0.2, -0.15) is 5.10 Å². The van der Waals surface area contributed by atoms with Crippen LogP contribution < -0.4 is 10.1 Å². The zero-order valence-corrected chi connectivity index (χ0v) is 20.9. The first-order chi connectivity index (χ1) is 17.3. The van der Waals surface area contributed by atoms with E-state index in [4.69, 9.17) is 4.74 Å². The molecule has 2 aromatic carbocycles. The van der Waals surface area contributed by atoms with Gasteiger partial charge in [-0.15, -0.1) is 0 Å². The van der Waals surface area contributed by atoms with Gasteiger partial charge in [0.25, 0.3) is 0 Å². The van der Waals surface area contributed by atoms with Gasteiger partial charge in [0.05, 0.1) is 28.3 Å². The molecule has 8 nitrogen and oxygen atoms in total. The molecule has 0 bridgehead atoms. The van der Waals surface area contributed by atoms with E-state index in [1.807, 2.05) is 46.4 Å². The second-order valence-electron chi connectivity index (χ2n) is 9.14. The first-order valence-electron chi connectivity index (χ1n) is 11.7. The molecule has 0 fully saturated rings. The Kier molecular flexibility index (Phi) is 6.24. The summed E-state index contributed by atoms with van der Waals surface area (Å²) in [6, 6.07) is 10.9. The molecule has 2 atom stereocenters. The number of rotatable bonds is 7. The highest BCUT2D eigenvalue weighted by molar-refractivity contribution is 5.99. The number of likely N-dealkylation sites (N-methyl/N-ethyl adjacent to an activating group) is 1. The number of halogens is 1. The van der Waals surface area contributed by atoms with Crippen LogP contribution in [0.3, 0.4) is 0 Å². The summed E-state index contributed by atoms with van der Waals surface area (Å²) in [6.45, 7) is 4.13. The van der Waals surface area contributed by atoms with Crippen LogP contribution >= 0.6 is 0 Å². The van der Waals surface area contributed by atoms with Crippen molar-refractivity contribution in [2.75, 3.05) is 19.4 Å². The predicted molar refractivity (Wildman–Crippen MR) is 140 cm³/mol. The normalized spacial score (nSPS) is 13.3. The second kappa shape index (κ2) is 9.50. The molecule has 184 valence electrons. The van der Waals surface area contributed by atoms with Gasteiger partial charge in [-0.25, -0.2) is 14.4 Å². The molecule has 3 aromatic heterocycles. The van der Waals surface area contributed by atoms with Crippen LogP contribution in [-0.2, 0) is 7.05 Å². The Hall–Kier alpha value is -4.11. The number of aromatic nitrogens is 5. The van der Waals surface area contributed by atoms with Gasteiger partial charge in [0, 0.05) is 36.4 Å². The number of benzene rings is 2. The minimum atomic E-state index is -0.392. The number of nitrogens with one attached hydrogen (secondary N) is 1. The van der Waals surface area contributed by atoms with Gasteiger partial charge in [0.1, 0.15) is 24.0 Å². The Morgan fingerprint density at radius 1 is 1.03 bits per heavy atom. The second-order valence-corrected chi connectivity index (χ2v) is 9.14. The van der Waals surface area contributed by atoms with Crippen molar-refractivity contribution in [3.63, 3.8) is 0 Å². The molecule has 0 radical (unpaired) electrons. The summed E-state index contributed by atoms with van der Waals surface area (Å²) in [5.41, 5.74) is 3.43. The fourth-order valence-corrected chi connectivity index (χ4v) is 4.14. The van der Waals surface area contributed by atoms with Crippen LogP contribution in [0.5, 0.6) is 5.75 Å². The monoisotopic (exact) mass is 485 g/mol. The quantitative estimate of drug-likeness (QED) is 0.340. The third-order valence-electron chi connectivity index (χ3n) is 6.52. The fraction of sp³-hybridized carbons (Fsp3) is 0.259. The first kappa shape index (κ1) is 23.6. The van der Waals surface area contributed by atoms with Crippen LogP contribution in [0.4, 0.5) is 15.9 Å². The van der Waals surface area contributed by atoms with Crippen LogP contribution in [0.15, 0.2) is 61.3 Å². The van der Waals surface area contributed by atoms with E-state index in [9.17, 15) is 0 Å². The maximum Gasteiger partial charge on any atom is 0.156 e. The number of hydrogen-bond acceptors (Lipinski definition) is 7. The third-order valence-corrected chi connectivity index (χ3v) is 6.52. The number of ether oxygens (including phenoxy) is 1. The largest absolute Gasteiger partial charge is 0.488 e. The van der Waals surface area contributed by atoms with Crippen molar-refractivity contribution in [1.29, 1.82) is 0 Å². The maximum atomic E-state index is 15.4. The number of anilines is 2. The zero-order valence-electron chi connectivity index (χ0n) is 20.9. The number of fused-ring (bicyclic) bond motifs is 2. The van der Waals surface area contributed by atoms with Crippen molar-refractivity contribution in [1.82, 2.24) is 29.6 Å². The Morgan fingerprint density at radius 2 is 1.86 bits per heavy atom. The number of hydrogen-bond donors (Lipinski definition) is 1. The van der Waals surface area contributed by atoms with E-state index in [1.54, 1.807) is 41.3 Å². The molecule has 5 rings (SSSR count). The molecule has 1 N–H and O–H groups in total. The lowest BCUT2D eigenvalue weighted by Gasteiger charge is -2.28. The standard InChI is InChI=1S/C27H28FN7O/c1-16(34(3)4)17(2)36-24-12-18(19-13-32-35(5)14-19)11-23-25(24)27(31-15-30-23)33-22-9-8-21-20(26(22)28)7-6-10-29-21/h6-17H,1-5H3,(H,30,31,33)/t16-,17+/m1/s1. The van der Waals surface area contributed by atoms with Crippen LogP contribution in [0.2, 0.25) is 0 Å². The number of aryl methyl sites for hydroxylation is 1. The van der Waals surface area contributed by atoms with Crippen molar-refractivity contribution in [3.05, 3.63) is 67.1 Å². The molecule has 36 heavy (non-hydrogen) atoms. The molecular formula is C27H28FN7O. The zero-order chi connectivity index (χ0) is 25.4. The minimum Gasteiger partial charge on any atom is -0.488 e. The molecule has 0 unspecified atom stereocenters. The lowest BCUT2D eigenvalue weighted by molar-refractivity contribution is 0.123. The van der Waals surface area contributed by atoms with Crippen molar-refractivity contribution in [3.8, 4) is 16.9 Å². The SMILES string of the molecule is C[C@H](Oc1cc(-c2cnn(C)c2)cc2ncnc(Nc3ccc4ncccc4c3F)c12)[C@@H](C)N(C)C. The molecule has 0 spiro atoms. The Balaban J connectivity index is 1.64. The lowest BCUT2D eigenvalue weighted by atomic mass is 10.1. The summed E-state index contributed by atoms with van der Waals surface area (Å²) in [6.07, 6.45) is 6.72.